The fourth-order valence-corrected chi connectivity index (χ4v) is 2.50. The number of carbonyl (C=O) groups is 1. The number of hydrogen-bond donors (Lipinski definition) is 1. The van der Waals surface area contributed by atoms with E-state index in [9.17, 15) is 9.90 Å². The highest BCUT2D eigenvalue weighted by atomic mass is 35.5. The van der Waals surface area contributed by atoms with Gasteiger partial charge in [0.15, 0.2) is 0 Å². The zero-order valence-electron chi connectivity index (χ0n) is 12.4. The quantitative estimate of drug-likeness (QED) is 0.822. The normalized spacial score (nSPS) is 16.5. The summed E-state index contributed by atoms with van der Waals surface area (Å²) in [6.07, 6.45) is 0. The molecule has 116 valence electrons. The Bertz CT molecular complexity index is 502. The lowest BCUT2D eigenvalue weighted by atomic mass is 10.2. The topological polar surface area (TPSA) is 59.9 Å². The van der Waals surface area contributed by atoms with Crippen LogP contribution >= 0.6 is 11.6 Å². The number of halogens is 1. The molecule has 2 heterocycles. The summed E-state index contributed by atoms with van der Waals surface area (Å²) in [5.41, 5.74) is 0.209. The molecule has 0 atom stereocenters. The third-order valence-corrected chi connectivity index (χ3v) is 3.82. The Labute approximate surface area is 129 Å². The van der Waals surface area contributed by atoms with Gasteiger partial charge in [-0.1, -0.05) is 11.6 Å². The van der Waals surface area contributed by atoms with Crippen molar-refractivity contribution in [2.45, 2.75) is 0 Å². The molecule has 0 aliphatic carbocycles. The van der Waals surface area contributed by atoms with Crippen LogP contribution in [0.25, 0.3) is 0 Å². The second kappa shape index (κ2) is 7.06. The van der Waals surface area contributed by atoms with E-state index in [0.717, 1.165) is 39.3 Å². The lowest BCUT2D eigenvalue weighted by molar-refractivity contribution is 0.0697. The summed E-state index contributed by atoms with van der Waals surface area (Å²) >= 11 is 5.91. The molecule has 1 N–H and O–H groups in total. The van der Waals surface area contributed by atoms with E-state index in [-0.39, 0.29) is 5.56 Å². The van der Waals surface area contributed by atoms with E-state index in [2.05, 4.69) is 28.9 Å². The maximum Gasteiger partial charge on any atom is 0.339 e. The first-order chi connectivity index (χ1) is 9.97. The summed E-state index contributed by atoms with van der Waals surface area (Å²) in [5, 5.41) is 9.58. The molecule has 1 saturated heterocycles. The molecule has 0 amide bonds. The number of likely N-dealkylation sites (N-methyl/N-ethyl adjacent to an activating group) is 1. The summed E-state index contributed by atoms with van der Waals surface area (Å²) in [4.78, 5) is 22.0. The number of anilines is 1. The number of nitrogens with zero attached hydrogens (tertiary/aromatic N) is 4. The molecule has 0 bridgehead atoms. The van der Waals surface area contributed by atoms with Crippen molar-refractivity contribution in [2.24, 2.45) is 0 Å². The van der Waals surface area contributed by atoms with Crippen LogP contribution in [0.1, 0.15) is 10.4 Å². The molecular weight excluding hydrogens is 292 g/mol. The lowest BCUT2D eigenvalue weighted by Crippen LogP contribution is -2.48. The average Bonchev–Trinajstić information content (AvgIpc) is 2.45. The van der Waals surface area contributed by atoms with Gasteiger partial charge in [0.2, 0.25) is 0 Å². The van der Waals surface area contributed by atoms with Crippen molar-refractivity contribution in [3.8, 4) is 0 Å². The molecule has 1 aromatic rings. The Morgan fingerprint density at radius 1 is 1.33 bits per heavy atom. The van der Waals surface area contributed by atoms with Gasteiger partial charge in [0.1, 0.15) is 16.5 Å². The monoisotopic (exact) mass is 312 g/mol. The Balaban J connectivity index is 2.02. The Hall–Kier alpha value is -1.37. The molecular formula is C14H21ClN4O2. The molecule has 1 aromatic heterocycles. The van der Waals surface area contributed by atoms with Crippen LogP contribution in [-0.4, -0.2) is 79.2 Å². The molecule has 0 aromatic carbocycles. The second-order valence-electron chi connectivity index (χ2n) is 5.44. The molecule has 0 spiro atoms. The number of aromatic carboxylic acids is 1. The lowest BCUT2D eigenvalue weighted by Gasteiger charge is -2.36. The second-order valence-corrected chi connectivity index (χ2v) is 5.83. The van der Waals surface area contributed by atoms with Crippen molar-refractivity contribution in [2.75, 3.05) is 58.3 Å². The zero-order valence-corrected chi connectivity index (χ0v) is 13.2. The molecule has 21 heavy (non-hydrogen) atoms. The fraction of sp³-hybridized carbons (Fsp3) is 0.571. The summed E-state index contributed by atoms with van der Waals surface area (Å²) < 4.78 is 0. The minimum absolute atomic E-state index is 0.209. The maximum absolute atomic E-state index is 11.3. The van der Waals surface area contributed by atoms with Crippen LogP contribution in [0.4, 0.5) is 5.82 Å². The van der Waals surface area contributed by atoms with Gasteiger partial charge in [-0.3, -0.25) is 4.90 Å². The van der Waals surface area contributed by atoms with Crippen molar-refractivity contribution in [1.82, 2.24) is 14.8 Å². The Kier molecular flexibility index (Phi) is 5.39. The molecule has 0 saturated carbocycles. The van der Waals surface area contributed by atoms with Gasteiger partial charge in [0.25, 0.3) is 0 Å². The van der Waals surface area contributed by atoms with Crippen molar-refractivity contribution in [3.05, 3.63) is 22.8 Å². The predicted molar refractivity (Wildman–Crippen MR) is 83.4 cm³/mol. The molecule has 0 unspecified atom stereocenters. The van der Waals surface area contributed by atoms with E-state index in [1.165, 1.54) is 12.1 Å². The van der Waals surface area contributed by atoms with Crippen molar-refractivity contribution in [1.29, 1.82) is 0 Å². The number of carboxylic acids is 1. The summed E-state index contributed by atoms with van der Waals surface area (Å²) in [5.74, 6) is -0.494. The Morgan fingerprint density at radius 3 is 2.57 bits per heavy atom. The number of aromatic nitrogens is 1. The van der Waals surface area contributed by atoms with Crippen LogP contribution in [0, 0.1) is 0 Å². The highest BCUT2D eigenvalue weighted by Crippen LogP contribution is 2.22. The minimum atomic E-state index is -0.968. The molecule has 0 radical (unpaired) electrons. The van der Waals surface area contributed by atoms with Crippen LogP contribution in [0.3, 0.4) is 0 Å². The summed E-state index contributed by atoms with van der Waals surface area (Å²) in [7, 11) is 4.12. The van der Waals surface area contributed by atoms with E-state index >= 15 is 0 Å². The van der Waals surface area contributed by atoms with Crippen LogP contribution in [-0.2, 0) is 0 Å². The number of carboxylic acid groups (broad SMARTS) is 1. The number of piperazine rings is 1. The van der Waals surface area contributed by atoms with Gasteiger partial charge in [-0.25, -0.2) is 9.78 Å². The van der Waals surface area contributed by atoms with Gasteiger partial charge >= 0.3 is 5.97 Å². The van der Waals surface area contributed by atoms with Crippen LogP contribution in [0.5, 0.6) is 0 Å². The van der Waals surface area contributed by atoms with E-state index in [0.29, 0.717) is 11.0 Å². The largest absolute Gasteiger partial charge is 0.478 e. The first kappa shape index (κ1) is 16.0. The maximum atomic E-state index is 11.3. The average molecular weight is 313 g/mol. The third-order valence-electron chi connectivity index (χ3n) is 3.61. The first-order valence-corrected chi connectivity index (χ1v) is 7.37. The van der Waals surface area contributed by atoms with E-state index < -0.39 is 5.97 Å². The van der Waals surface area contributed by atoms with Gasteiger partial charge < -0.3 is 14.9 Å². The SMILES string of the molecule is CN(C)CCN1CCN(c2nc(Cl)ccc2C(=O)O)CC1. The van der Waals surface area contributed by atoms with Gasteiger partial charge in [0, 0.05) is 39.3 Å². The number of hydrogen-bond acceptors (Lipinski definition) is 5. The smallest absolute Gasteiger partial charge is 0.339 e. The van der Waals surface area contributed by atoms with Gasteiger partial charge in [0.05, 0.1) is 0 Å². The molecule has 1 aliphatic heterocycles. The van der Waals surface area contributed by atoms with Crippen molar-refractivity contribution >= 4 is 23.4 Å². The van der Waals surface area contributed by atoms with Crippen molar-refractivity contribution in [3.63, 3.8) is 0 Å². The van der Waals surface area contributed by atoms with Crippen LogP contribution < -0.4 is 4.90 Å². The van der Waals surface area contributed by atoms with Crippen LogP contribution in [0.15, 0.2) is 12.1 Å². The highest BCUT2D eigenvalue weighted by molar-refractivity contribution is 6.29. The summed E-state index contributed by atoms with van der Waals surface area (Å²) in [6, 6.07) is 3.03. The predicted octanol–water partition coefficient (Wildman–Crippen LogP) is 1.12. The number of rotatable bonds is 5. The van der Waals surface area contributed by atoms with Gasteiger partial charge in [-0.05, 0) is 26.2 Å². The van der Waals surface area contributed by atoms with Gasteiger partial charge in [-0.15, -0.1) is 0 Å². The van der Waals surface area contributed by atoms with E-state index in [4.69, 9.17) is 11.6 Å². The molecule has 6 nitrogen and oxygen atoms in total. The molecule has 7 heteroatoms. The van der Waals surface area contributed by atoms with E-state index in [1.807, 2.05) is 4.90 Å². The zero-order chi connectivity index (χ0) is 15.4. The Morgan fingerprint density at radius 2 is 2.00 bits per heavy atom. The van der Waals surface area contributed by atoms with E-state index in [1.54, 1.807) is 0 Å². The van der Waals surface area contributed by atoms with Gasteiger partial charge in [-0.2, -0.15) is 0 Å². The fourth-order valence-electron chi connectivity index (χ4n) is 2.36. The summed E-state index contributed by atoms with van der Waals surface area (Å²) in [6.45, 7) is 5.38. The third kappa shape index (κ3) is 4.30. The minimum Gasteiger partial charge on any atom is -0.478 e. The highest BCUT2D eigenvalue weighted by Gasteiger charge is 2.22. The standard InChI is InChI=1S/C14H21ClN4O2/c1-17(2)5-6-18-7-9-19(10-8-18)13-11(14(20)21)3-4-12(15)16-13/h3-4H,5-10H2,1-2H3,(H,20,21). The number of pyridine rings is 1. The van der Waals surface area contributed by atoms with Crippen LogP contribution in [0.2, 0.25) is 5.15 Å². The molecule has 2 rings (SSSR count). The first-order valence-electron chi connectivity index (χ1n) is 6.99. The molecule has 1 aliphatic rings. The van der Waals surface area contributed by atoms with Crippen molar-refractivity contribution < 1.29 is 9.90 Å². The molecule has 1 fully saturated rings.